The lowest BCUT2D eigenvalue weighted by Crippen LogP contribution is -2.23. The van der Waals surface area contributed by atoms with Gasteiger partial charge >= 0.3 is 0 Å². The second-order valence-electron chi connectivity index (χ2n) is 8.76. The van der Waals surface area contributed by atoms with Crippen molar-refractivity contribution in [3.05, 3.63) is 84.6 Å². The van der Waals surface area contributed by atoms with Gasteiger partial charge in [-0.15, -0.1) is 0 Å². The molecule has 36 heavy (non-hydrogen) atoms. The first-order valence-electron chi connectivity index (χ1n) is 11.7. The number of amides is 3. The number of hydrogen-bond acceptors (Lipinski definition) is 4. The molecule has 1 saturated heterocycles. The Labute approximate surface area is 207 Å². The van der Waals surface area contributed by atoms with E-state index in [1.807, 2.05) is 54.7 Å². The summed E-state index contributed by atoms with van der Waals surface area (Å²) in [5, 5.41) is 3.72. The lowest BCUT2D eigenvalue weighted by Gasteiger charge is -2.15. The number of primary amides is 1. The molecule has 1 fully saturated rings. The first kappa shape index (κ1) is 23.0. The summed E-state index contributed by atoms with van der Waals surface area (Å²) in [6.07, 6.45) is 3.49. The van der Waals surface area contributed by atoms with Crippen molar-refractivity contribution >= 4 is 45.8 Å². The summed E-state index contributed by atoms with van der Waals surface area (Å²) >= 11 is 0. The minimum atomic E-state index is -0.564. The molecular formula is C28H25N5O3. The predicted octanol–water partition coefficient (Wildman–Crippen LogP) is 4.04. The van der Waals surface area contributed by atoms with Crippen LogP contribution in [0.1, 0.15) is 24.0 Å². The number of rotatable bonds is 7. The maximum absolute atomic E-state index is 12.6. The SMILES string of the molecule is C=C(C(N)=O)c1cccc(-c2c[nH]c3nc(NC(=O)Cc4ccc(N5CCCC5=O)cc4)ccc23)c1. The summed E-state index contributed by atoms with van der Waals surface area (Å²) in [5.74, 6) is -0.170. The van der Waals surface area contributed by atoms with Crippen LogP contribution >= 0.6 is 0 Å². The van der Waals surface area contributed by atoms with Crippen molar-refractivity contribution in [2.24, 2.45) is 5.73 Å². The number of carbonyl (C=O) groups is 3. The van der Waals surface area contributed by atoms with Crippen molar-refractivity contribution in [1.29, 1.82) is 0 Å². The van der Waals surface area contributed by atoms with Gasteiger partial charge in [-0.25, -0.2) is 4.98 Å². The van der Waals surface area contributed by atoms with E-state index in [1.165, 1.54) is 0 Å². The van der Waals surface area contributed by atoms with Crippen molar-refractivity contribution in [3.8, 4) is 11.1 Å². The fraction of sp³-hybridized carbons (Fsp3) is 0.143. The van der Waals surface area contributed by atoms with Crippen molar-refractivity contribution < 1.29 is 14.4 Å². The normalized spacial score (nSPS) is 13.2. The Morgan fingerprint density at radius 1 is 1.11 bits per heavy atom. The Hall–Kier alpha value is -4.72. The third-order valence-corrected chi connectivity index (χ3v) is 6.31. The van der Waals surface area contributed by atoms with E-state index in [2.05, 4.69) is 21.9 Å². The minimum absolute atomic E-state index is 0.137. The number of fused-ring (bicyclic) bond motifs is 1. The predicted molar refractivity (Wildman–Crippen MR) is 140 cm³/mol. The molecule has 2 aromatic heterocycles. The molecule has 0 radical (unpaired) electrons. The highest BCUT2D eigenvalue weighted by Gasteiger charge is 2.21. The molecule has 0 atom stereocenters. The van der Waals surface area contributed by atoms with Crippen LogP contribution in [-0.4, -0.2) is 34.2 Å². The summed E-state index contributed by atoms with van der Waals surface area (Å²) in [6.45, 7) is 4.49. The number of benzene rings is 2. The zero-order chi connectivity index (χ0) is 25.2. The maximum Gasteiger partial charge on any atom is 0.248 e. The number of nitrogens with one attached hydrogen (secondary N) is 2. The molecule has 4 N–H and O–H groups in total. The number of anilines is 2. The number of hydrogen-bond donors (Lipinski definition) is 3. The Kier molecular flexibility index (Phi) is 6.08. The molecule has 3 heterocycles. The highest BCUT2D eigenvalue weighted by Crippen LogP contribution is 2.30. The van der Waals surface area contributed by atoms with Crippen LogP contribution in [-0.2, 0) is 20.8 Å². The molecule has 1 aliphatic rings. The molecule has 3 amide bonds. The average Bonchev–Trinajstić information content (AvgIpc) is 3.50. The molecule has 2 aromatic carbocycles. The van der Waals surface area contributed by atoms with Gasteiger partial charge in [-0.1, -0.05) is 36.9 Å². The van der Waals surface area contributed by atoms with Crippen LogP contribution in [0.25, 0.3) is 27.7 Å². The fourth-order valence-corrected chi connectivity index (χ4v) is 4.42. The lowest BCUT2D eigenvalue weighted by atomic mass is 9.99. The van der Waals surface area contributed by atoms with Gasteiger partial charge in [0.05, 0.1) is 6.42 Å². The Morgan fingerprint density at radius 2 is 1.92 bits per heavy atom. The third-order valence-electron chi connectivity index (χ3n) is 6.31. The number of nitrogens with two attached hydrogens (primary N) is 1. The monoisotopic (exact) mass is 479 g/mol. The second kappa shape index (κ2) is 9.50. The van der Waals surface area contributed by atoms with Gasteiger partial charge in [-0.05, 0) is 53.4 Å². The Balaban J connectivity index is 1.28. The van der Waals surface area contributed by atoms with Gasteiger partial charge in [0, 0.05) is 41.4 Å². The van der Waals surface area contributed by atoms with Gasteiger partial charge < -0.3 is 20.9 Å². The van der Waals surface area contributed by atoms with Crippen LogP contribution in [0.3, 0.4) is 0 Å². The van der Waals surface area contributed by atoms with E-state index >= 15 is 0 Å². The van der Waals surface area contributed by atoms with E-state index in [1.54, 1.807) is 17.0 Å². The molecule has 1 aliphatic heterocycles. The number of H-pyrrole nitrogens is 1. The number of aromatic amines is 1. The van der Waals surface area contributed by atoms with Gasteiger partial charge in [0.1, 0.15) is 11.5 Å². The minimum Gasteiger partial charge on any atom is -0.366 e. The lowest BCUT2D eigenvalue weighted by molar-refractivity contribution is -0.117. The van der Waals surface area contributed by atoms with Crippen molar-refractivity contribution in [2.75, 3.05) is 16.8 Å². The zero-order valence-electron chi connectivity index (χ0n) is 19.6. The van der Waals surface area contributed by atoms with Crippen LogP contribution in [0.2, 0.25) is 0 Å². The number of carbonyl (C=O) groups excluding carboxylic acids is 3. The molecule has 8 nitrogen and oxygen atoms in total. The molecular weight excluding hydrogens is 454 g/mol. The molecule has 0 unspecified atom stereocenters. The van der Waals surface area contributed by atoms with Crippen LogP contribution < -0.4 is 16.0 Å². The van der Waals surface area contributed by atoms with Crippen LogP contribution in [0.15, 0.2) is 73.4 Å². The molecule has 0 spiro atoms. The molecule has 5 rings (SSSR count). The molecule has 180 valence electrons. The fourth-order valence-electron chi connectivity index (χ4n) is 4.42. The largest absolute Gasteiger partial charge is 0.366 e. The van der Waals surface area contributed by atoms with Crippen molar-refractivity contribution in [3.63, 3.8) is 0 Å². The third kappa shape index (κ3) is 4.61. The van der Waals surface area contributed by atoms with Crippen LogP contribution in [0.5, 0.6) is 0 Å². The zero-order valence-corrected chi connectivity index (χ0v) is 19.6. The van der Waals surface area contributed by atoms with Gasteiger partial charge in [-0.2, -0.15) is 0 Å². The Morgan fingerprint density at radius 3 is 2.64 bits per heavy atom. The van der Waals surface area contributed by atoms with Crippen LogP contribution in [0, 0.1) is 0 Å². The van der Waals surface area contributed by atoms with E-state index in [4.69, 9.17) is 5.73 Å². The van der Waals surface area contributed by atoms with Gasteiger partial charge in [0.15, 0.2) is 0 Å². The summed E-state index contributed by atoms with van der Waals surface area (Å²) in [6, 6.07) is 18.6. The number of aromatic nitrogens is 2. The molecule has 0 bridgehead atoms. The van der Waals surface area contributed by atoms with E-state index in [0.29, 0.717) is 23.4 Å². The van der Waals surface area contributed by atoms with Gasteiger partial charge in [0.2, 0.25) is 17.7 Å². The van der Waals surface area contributed by atoms with Crippen molar-refractivity contribution in [2.45, 2.75) is 19.3 Å². The van der Waals surface area contributed by atoms with E-state index in [-0.39, 0.29) is 23.8 Å². The van der Waals surface area contributed by atoms with Gasteiger partial charge in [0.25, 0.3) is 0 Å². The molecule has 0 saturated carbocycles. The quantitative estimate of drug-likeness (QED) is 0.346. The standard InChI is InChI=1S/C28H25N5O3/c1-17(27(29)36)19-4-2-5-20(15-19)23-16-30-28-22(23)11-12-24(32-28)31-25(34)14-18-7-9-21(10-8-18)33-13-3-6-26(33)35/h2,4-5,7-12,15-16H,1,3,6,13-14H2,(H2,29,36)(H2,30,31,32,34). The number of pyridine rings is 1. The summed E-state index contributed by atoms with van der Waals surface area (Å²) < 4.78 is 0. The topological polar surface area (TPSA) is 121 Å². The van der Waals surface area contributed by atoms with Crippen LogP contribution in [0.4, 0.5) is 11.5 Å². The summed E-state index contributed by atoms with van der Waals surface area (Å²) in [7, 11) is 0. The first-order valence-corrected chi connectivity index (χ1v) is 11.7. The maximum atomic E-state index is 12.6. The van der Waals surface area contributed by atoms with Crippen molar-refractivity contribution in [1.82, 2.24) is 9.97 Å². The van der Waals surface area contributed by atoms with E-state index in [0.717, 1.165) is 40.7 Å². The molecule has 4 aromatic rings. The average molecular weight is 480 g/mol. The highest BCUT2D eigenvalue weighted by atomic mass is 16.2. The Bertz CT molecular complexity index is 1500. The first-order chi connectivity index (χ1) is 17.4. The highest BCUT2D eigenvalue weighted by molar-refractivity contribution is 6.18. The van der Waals surface area contributed by atoms with Gasteiger partial charge in [-0.3, -0.25) is 14.4 Å². The number of nitrogens with zero attached hydrogens (tertiary/aromatic N) is 2. The summed E-state index contributed by atoms with van der Waals surface area (Å²) in [5.41, 5.74) is 10.4. The summed E-state index contributed by atoms with van der Waals surface area (Å²) in [4.78, 5) is 45.5. The van der Waals surface area contributed by atoms with E-state index in [9.17, 15) is 14.4 Å². The molecule has 0 aliphatic carbocycles. The second-order valence-corrected chi connectivity index (χ2v) is 8.76. The molecule has 8 heteroatoms. The smallest absolute Gasteiger partial charge is 0.248 e. The van der Waals surface area contributed by atoms with E-state index < -0.39 is 5.91 Å².